The Morgan fingerprint density at radius 3 is 2.60 bits per heavy atom. The van der Waals surface area contributed by atoms with Crippen molar-refractivity contribution in [2.45, 2.75) is 0 Å². The summed E-state index contributed by atoms with van der Waals surface area (Å²) in [6.07, 6.45) is 0. The van der Waals surface area contributed by atoms with Crippen molar-refractivity contribution in [3.63, 3.8) is 0 Å². The lowest BCUT2D eigenvalue weighted by Crippen LogP contribution is -2.16. The monoisotopic (exact) mass is 143 g/mol. The van der Waals surface area contributed by atoms with Crippen LogP contribution in [0.1, 0.15) is 0 Å². The molecule has 0 saturated carbocycles. The normalized spacial score (nSPS) is 10.4. The maximum absolute atomic E-state index is 10.6. The lowest BCUT2D eigenvalue weighted by atomic mass is 10.6. The molecule has 0 rings (SSSR count). The third-order valence-corrected chi connectivity index (χ3v) is 0.735. The molecule has 5 nitrogen and oxygen atoms in total. The fourth-order valence-electron chi connectivity index (χ4n) is 0.343. The molecular weight excluding hydrogens is 134 g/mol. The second-order valence-electron chi connectivity index (χ2n) is 1.31. The molecule has 0 unspecified atom stereocenters. The number of ether oxygens (including phenoxy) is 1. The minimum atomic E-state index is -0.607. The zero-order chi connectivity index (χ0) is 7.98. The first-order valence-corrected chi connectivity index (χ1v) is 2.55. The predicted molar refractivity (Wildman–Crippen MR) is 38.1 cm³/mol. The molecule has 10 heavy (non-hydrogen) atoms. The van der Waals surface area contributed by atoms with Gasteiger partial charge in [-0.15, -0.1) is 0 Å². The highest BCUT2D eigenvalue weighted by atomic mass is 16.5. The molecule has 0 saturated heterocycles. The molecule has 1 N–H and O–H groups in total. The third kappa shape index (κ3) is 2.25. The zero-order valence-corrected chi connectivity index (χ0v) is 5.92. The van der Waals surface area contributed by atoms with Gasteiger partial charge in [0.2, 0.25) is 0 Å². The van der Waals surface area contributed by atoms with Crippen molar-refractivity contribution in [1.82, 2.24) is 5.43 Å². The summed E-state index contributed by atoms with van der Waals surface area (Å²) in [4.78, 5) is 13.9. The van der Waals surface area contributed by atoms with Crippen LogP contribution in [-0.4, -0.2) is 32.7 Å². The van der Waals surface area contributed by atoms with Crippen LogP contribution in [0.25, 0.3) is 0 Å². The lowest BCUT2D eigenvalue weighted by molar-refractivity contribution is -0.132. The molecule has 56 valence electrons. The van der Waals surface area contributed by atoms with E-state index in [0.717, 1.165) is 0 Å². The van der Waals surface area contributed by atoms with Gasteiger partial charge in [0.25, 0.3) is 5.84 Å². The molecule has 0 fully saturated rings. The molecule has 0 aliphatic heterocycles. The van der Waals surface area contributed by atoms with E-state index in [9.17, 15) is 4.79 Å². The minimum Gasteiger partial charge on any atom is -0.463 e. The Balaban J connectivity index is 4.20. The highest BCUT2D eigenvalue weighted by Gasteiger charge is 2.07. The Bertz CT molecular complexity index is 164. The molecule has 0 heterocycles. The molecular formula is C5H9N3O2. The van der Waals surface area contributed by atoms with Crippen LogP contribution in [0.2, 0.25) is 0 Å². The number of carbonyl (C=O) groups is 1. The fourth-order valence-corrected chi connectivity index (χ4v) is 0.343. The molecule has 0 radical (unpaired) electrons. The first-order valence-electron chi connectivity index (χ1n) is 2.55. The van der Waals surface area contributed by atoms with Gasteiger partial charge in [-0.3, -0.25) is 0 Å². The van der Waals surface area contributed by atoms with Gasteiger partial charge >= 0.3 is 5.97 Å². The Hall–Kier alpha value is -1.39. The van der Waals surface area contributed by atoms with Crippen LogP contribution in [0.3, 0.4) is 0 Å². The number of hydrogen-bond acceptors (Lipinski definition) is 4. The van der Waals surface area contributed by atoms with E-state index in [2.05, 4.69) is 27.0 Å². The van der Waals surface area contributed by atoms with E-state index in [1.807, 2.05) is 0 Å². The van der Waals surface area contributed by atoms with Gasteiger partial charge in [-0.25, -0.2) is 9.79 Å². The summed E-state index contributed by atoms with van der Waals surface area (Å²) in [5.74, 6) is -0.686. The molecule has 0 bridgehead atoms. The van der Waals surface area contributed by atoms with E-state index in [1.54, 1.807) is 7.05 Å². The number of methoxy groups -OCH3 is 1. The van der Waals surface area contributed by atoms with Crippen molar-refractivity contribution < 1.29 is 9.53 Å². The first-order chi connectivity index (χ1) is 4.76. The van der Waals surface area contributed by atoms with Crippen molar-refractivity contribution in [1.29, 1.82) is 0 Å². The number of amidine groups is 1. The molecule has 0 aromatic rings. The summed E-state index contributed by atoms with van der Waals surface area (Å²) in [7, 11) is 2.80. The van der Waals surface area contributed by atoms with Crippen molar-refractivity contribution in [2.75, 3.05) is 14.2 Å². The molecule has 0 amide bonds. The van der Waals surface area contributed by atoms with Crippen LogP contribution < -0.4 is 5.43 Å². The van der Waals surface area contributed by atoms with Crippen molar-refractivity contribution >= 4 is 18.5 Å². The molecule has 0 spiro atoms. The van der Waals surface area contributed by atoms with Crippen molar-refractivity contribution in [3.8, 4) is 0 Å². The van der Waals surface area contributed by atoms with E-state index in [4.69, 9.17) is 0 Å². The van der Waals surface area contributed by atoms with Gasteiger partial charge in [-0.05, 0) is 6.72 Å². The number of hydrazone groups is 1. The minimum absolute atomic E-state index is 0.0787. The third-order valence-electron chi connectivity index (χ3n) is 0.735. The van der Waals surface area contributed by atoms with Crippen LogP contribution in [0.5, 0.6) is 0 Å². The van der Waals surface area contributed by atoms with Crippen LogP contribution >= 0.6 is 0 Å². The van der Waals surface area contributed by atoms with Gasteiger partial charge in [0.1, 0.15) is 0 Å². The van der Waals surface area contributed by atoms with Crippen LogP contribution in [0.4, 0.5) is 0 Å². The highest BCUT2D eigenvalue weighted by molar-refractivity contribution is 6.36. The average molecular weight is 143 g/mol. The Labute approximate surface area is 58.8 Å². The van der Waals surface area contributed by atoms with Crippen molar-refractivity contribution in [3.05, 3.63) is 0 Å². The lowest BCUT2D eigenvalue weighted by Gasteiger charge is -1.95. The number of aliphatic imine (C=N–C) groups is 1. The standard InChI is InChI=1S/C5H9N3O2/c1-6-4(8-7-2)5(9)10-3/h7H,1H2,2-3H3/b8-4+. The average Bonchev–Trinajstić information content (AvgIpc) is 1.99. The largest absolute Gasteiger partial charge is 0.463 e. The summed E-state index contributed by atoms with van der Waals surface area (Å²) < 4.78 is 4.31. The smallest absolute Gasteiger partial charge is 0.377 e. The number of rotatable bonds is 1. The van der Waals surface area contributed by atoms with E-state index < -0.39 is 5.97 Å². The first kappa shape index (κ1) is 8.61. The Morgan fingerprint density at radius 2 is 2.30 bits per heavy atom. The quantitative estimate of drug-likeness (QED) is 0.230. The number of nitrogens with one attached hydrogen (secondary N) is 1. The summed E-state index contributed by atoms with van der Waals surface area (Å²) in [5, 5.41) is 3.48. The van der Waals surface area contributed by atoms with Gasteiger partial charge in [0, 0.05) is 7.05 Å². The summed E-state index contributed by atoms with van der Waals surface area (Å²) in [6.45, 7) is 3.13. The van der Waals surface area contributed by atoms with E-state index in [0.29, 0.717) is 0 Å². The molecule has 0 aromatic carbocycles. The van der Waals surface area contributed by atoms with Gasteiger partial charge in [0.05, 0.1) is 7.11 Å². The van der Waals surface area contributed by atoms with E-state index >= 15 is 0 Å². The van der Waals surface area contributed by atoms with Gasteiger partial charge in [-0.1, -0.05) is 0 Å². The Kier molecular flexibility index (Phi) is 3.86. The topological polar surface area (TPSA) is 63.0 Å². The second kappa shape index (κ2) is 4.49. The summed E-state index contributed by atoms with van der Waals surface area (Å²) in [5.41, 5.74) is 2.39. The maximum atomic E-state index is 10.6. The number of carbonyl (C=O) groups excluding carboxylic acids is 1. The van der Waals surface area contributed by atoms with Gasteiger partial charge in [-0.2, -0.15) is 5.10 Å². The van der Waals surface area contributed by atoms with Crippen molar-refractivity contribution in [2.24, 2.45) is 10.1 Å². The van der Waals surface area contributed by atoms with Gasteiger partial charge in [0.15, 0.2) is 0 Å². The zero-order valence-electron chi connectivity index (χ0n) is 5.92. The Morgan fingerprint density at radius 1 is 1.70 bits per heavy atom. The van der Waals surface area contributed by atoms with Gasteiger partial charge < -0.3 is 10.2 Å². The maximum Gasteiger partial charge on any atom is 0.377 e. The molecule has 0 atom stereocenters. The van der Waals surface area contributed by atoms with Crippen LogP contribution in [-0.2, 0) is 9.53 Å². The summed E-state index contributed by atoms with van der Waals surface area (Å²) >= 11 is 0. The number of esters is 1. The number of nitrogens with zero attached hydrogens (tertiary/aromatic N) is 2. The van der Waals surface area contributed by atoms with Crippen LogP contribution in [0.15, 0.2) is 10.1 Å². The molecule has 0 aromatic heterocycles. The molecule has 5 heteroatoms. The molecule has 0 aliphatic rings. The van der Waals surface area contributed by atoms with Crippen LogP contribution in [0, 0.1) is 0 Å². The van der Waals surface area contributed by atoms with E-state index in [-0.39, 0.29) is 5.84 Å². The second-order valence-corrected chi connectivity index (χ2v) is 1.31. The predicted octanol–water partition coefficient (Wildman–Crippen LogP) is -0.607. The number of hydrogen-bond donors (Lipinski definition) is 1. The summed E-state index contributed by atoms with van der Waals surface area (Å²) in [6, 6.07) is 0. The highest BCUT2D eigenvalue weighted by Crippen LogP contribution is 1.81. The SMILES string of the molecule is C=N/C(=N/NC)C(=O)OC. The van der Waals surface area contributed by atoms with E-state index in [1.165, 1.54) is 7.11 Å². The molecule has 0 aliphatic carbocycles. The fraction of sp³-hybridized carbons (Fsp3) is 0.400.